The Morgan fingerprint density at radius 2 is 2.08 bits per heavy atom. The van der Waals surface area contributed by atoms with Crippen molar-refractivity contribution in [2.24, 2.45) is 0 Å². The Labute approximate surface area is 149 Å². The van der Waals surface area contributed by atoms with Gasteiger partial charge in [-0.1, -0.05) is 30.3 Å². The number of rotatable bonds is 8. The van der Waals surface area contributed by atoms with Crippen LogP contribution in [-0.2, 0) is 34.2 Å². The lowest BCUT2D eigenvalue weighted by molar-refractivity contribution is 0.173. The van der Waals surface area contributed by atoms with E-state index in [9.17, 15) is 8.42 Å². The zero-order valence-electron chi connectivity index (χ0n) is 14.5. The van der Waals surface area contributed by atoms with Crippen LogP contribution < -0.4 is 0 Å². The summed E-state index contributed by atoms with van der Waals surface area (Å²) in [7, 11) is -1.24. The Kier molecular flexibility index (Phi) is 5.88. The third kappa shape index (κ3) is 4.90. The van der Waals surface area contributed by atoms with Crippen LogP contribution in [0.2, 0.25) is 0 Å². The SMILES string of the molecule is COCCn1ccnc1CN(Cc1ccccc1)[C@@H]1CCS(=O)(=O)C1. The highest BCUT2D eigenvalue weighted by atomic mass is 32.2. The number of ether oxygens (including phenoxy) is 1. The quantitative estimate of drug-likeness (QED) is 0.715. The summed E-state index contributed by atoms with van der Waals surface area (Å²) in [6, 6.07) is 10.2. The number of benzene rings is 1. The first-order valence-electron chi connectivity index (χ1n) is 8.55. The minimum Gasteiger partial charge on any atom is -0.383 e. The van der Waals surface area contributed by atoms with E-state index < -0.39 is 9.84 Å². The van der Waals surface area contributed by atoms with Crippen LogP contribution in [0.1, 0.15) is 17.8 Å². The number of methoxy groups -OCH3 is 1. The van der Waals surface area contributed by atoms with Gasteiger partial charge >= 0.3 is 0 Å². The highest BCUT2D eigenvalue weighted by Crippen LogP contribution is 2.22. The van der Waals surface area contributed by atoms with Gasteiger partial charge in [0.1, 0.15) is 5.82 Å². The molecule has 0 saturated carbocycles. The zero-order chi connectivity index (χ0) is 17.7. The molecular weight excluding hydrogens is 338 g/mol. The molecule has 136 valence electrons. The van der Waals surface area contributed by atoms with Gasteiger partial charge < -0.3 is 9.30 Å². The molecule has 1 aromatic heterocycles. The summed E-state index contributed by atoms with van der Waals surface area (Å²) in [4.78, 5) is 6.72. The number of aromatic nitrogens is 2. The molecule has 0 bridgehead atoms. The van der Waals surface area contributed by atoms with Crippen molar-refractivity contribution in [1.82, 2.24) is 14.5 Å². The third-order valence-electron chi connectivity index (χ3n) is 4.64. The van der Waals surface area contributed by atoms with Crippen molar-refractivity contribution in [3.63, 3.8) is 0 Å². The van der Waals surface area contributed by atoms with Gasteiger partial charge in [-0.25, -0.2) is 13.4 Å². The molecule has 1 aliphatic heterocycles. The minimum absolute atomic E-state index is 0.0396. The normalized spacial score (nSPS) is 19.5. The second kappa shape index (κ2) is 8.12. The summed E-state index contributed by atoms with van der Waals surface area (Å²) >= 11 is 0. The summed E-state index contributed by atoms with van der Waals surface area (Å²) in [6.45, 7) is 2.72. The van der Waals surface area contributed by atoms with Crippen LogP contribution in [0.3, 0.4) is 0 Å². The van der Waals surface area contributed by atoms with Crippen molar-refractivity contribution < 1.29 is 13.2 Å². The first-order chi connectivity index (χ1) is 12.1. The van der Waals surface area contributed by atoms with Crippen molar-refractivity contribution in [3.05, 3.63) is 54.1 Å². The van der Waals surface area contributed by atoms with E-state index in [1.165, 1.54) is 5.56 Å². The molecule has 1 fully saturated rings. The van der Waals surface area contributed by atoms with E-state index in [4.69, 9.17) is 4.74 Å². The molecule has 3 rings (SSSR count). The van der Waals surface area contributed by atoms with Gasteiger partial charge in [0.25, 0.3) is 0 Å². The van der Waals surface area contributed by atoms with Crippen LogP contribution in [-0.4, -0.2) is 54.1 Å². The standard InChI is InChI=1S/C18H25N3O3S/c1-24-11-10-20-9-8-19-18(20)14-21(13-16-5-3-2-4-6-16)17-7-12-25(22,23)15-17/h2-6,8-9,17H,7,10-15H2,1H3/t17-/m1/s1. The first-order valence-corrected chi connectivity index (χ1v) is 10.4. The highest BCUT2D eigenvalue weighted by Gasteiger charge is 2.32. The molecule has 1 aromatic carbocycles. The van der Waals surface area contributed by atoms with E-state index in [0.717, 1.165) is 18.9 Å². The van der Waals surface area contributed by atoms with Gasteiger partial charge in [0.15, 0.2) is 9.84 Å². The van der Waals surface area contributed by atoms with E-state index in [1.807, 2.05) is 24.4 Å². The monoisotopic (exact) mass is 363 g/mol. The fourth-order valence-corrected chi connectivity index (χ4v) is 5.02. The molecule has 1 aliphatic rings. The Morgan fingerprint density at radius 3 is 2.76 bits per heavy atom. The average Bonchev–Trinajstić information content (AvgIpc) is 3.19. The molecule has 7 heteroatoms. The summed E-state index contributed by atoms with van der Waals surface area (Å²) in [5.74, 6) is 1.46. The van der Waals surface area contributed by atoms with E-state index in [1.54, 1.807) is 13.3 Å². The maximum absolute atomic E-state index is 11.9. The molecule has 1 atom stereocenters. The summed E-state index contributed by atoms with van der Waals surface area (Å²) < 4.78 is 31.1. The molecular formula is C18H25N3O3S. The van der Waals surface area contributed by atoms with Crippen LogP contribution in [0.15, 0.2) is 42.7 Å². The fourth-order valence-electron chi connectivity index (χ4n) is 3.26. The van der Waals surface area contributed by atoms with Crippen molar-refractivity contribution in [1.29, 1.82) is 0 Å². The van der Waals surface area contributed by atoms with Gasteiger partial charge in [-0.15, -0.1) is 0 Å². The number of imidazole rings is 1. The number of hydrogen-bond donors (Lipinski definition) is 0. The number of nitrogens with zero attached hydrogens (tertiary/aromatic N) is 3. The van der Waals surface area contributed by atoms with Crippen LogP contribution in [0.25, 0.3) is 0 Å². The molecule has 1 saturated heterocycles. The lowest BCUT2D eigenvalue weighted by Gasteiger charge is -2.28. The lowest BCUT2D eigenvalue weighted by atomic mass is 10.1. The van der Waals surface area contributed by atoms with Crippen molar-refractivity contribution in [2.45, 2.75) is 32.1 Å². The molecule has 2 aromatic rings. The van der Waals surface area contributed by atoms with Crippen molar-refractivity contribution >= 4 is 9.84 Å². The highest BCUT2D eigenvalue weighted by molar-refractivity contribution is 7.91. The predicted octanol–water partition coefficient (Wildman–Crippen LogP) is 1.72. The predicted molar refractivity (Wildman–Crippen MR) is 96.9 cm³/mol. The largest absolute Gasteiger partial charge is 0.383 e. The van der Waals surface area contributed by atoms with Gasteiger partial charge in [0.2, 0.25) is 0 Å². The van der Waals surface area contributed by atoms with E-state index >= 15 is 0 Å². The Morgan fingerprint density at radius 1 is 1.28 bits per heavy atom. The summed E-state index contributed by atoms with van der Waals surface area (Å²) in [5.41, 5.74) is 1.18. The maximum Gasteiger partial charge on any atom is 0.151 e. The molecule has 0 N–H and O–H groups in total. The first kappa shape index (κ1) is 18.1. The Balaban J connectivity index is 1.78. The maximum atomic E-state index is 11.9. The third-order valence-corrected chi connectivity index (χ3v) is 6.39. The second-order valence-electron chi connectivity index (χ2n) is 6.48. The molecule has 2 heterocycles. The van der Waals surface area contributed by atoms with Gasteiger partial charge in [-0.05, 0) is 12.0 Å². The van der Waals surface area contributed by atoms with Gasteiger partial charge in [0.05, 0.1) is 24.7 Å². The number of sulfone groups is 1. The fraction of sp³-hybridized carbons (Fsp3) is 0.500. The van der Waals surface area contributed by atoms with E-state index in [2.05, 4.69) is 26.6 Å². The van der Waals surface area contributed by atoms with Crippen molar-refractivity contribution in [3.8, 4) is 0 Å². The molecule has 0 radical (unpaired) electrons. The summed E-state index contributed by atoms with van der Waals surface area (Å²) in [6.07, 6.45) is 4.42. The molecule has 6 nitrogen and oxygen atoms in total. The van der Waals surface area contributed by atoms with Crippen LogP contribution in [0, 0.1) is 0 Å². The number of hydrogen-bond acceptors (Lipinski definition) is 5. The molecule has 0 amide bonds. The Bertz CT molecular complexity index is 774. The van der Waals surface area contributed by atoms with Gasteiger partial charge in [0, 0.05) is 38.6 Å². The summed E-state index contributed by atoms with van der Waals surface area (Å²) in [5, 5.41) is 0. The molecule has 0 spiro atoms. The van der Waals surface area contributed by atoms with E-state index in [0.29, 0.717) is 19.6 Å². The Hall–Kier alpha value is -1.70. The minimum atomic E-state index is -2.92. The topological polar surface area (TPSA) is 64.4 Å². The average molecular weight is 363 g/mol. The second-order valence-corrected chi connectivity index (χ2v) is 8.71. The van der Waals surface area contributed by atoms with Crippen LogP contribution >= 0.6 is 0 Å². The van der Waals surface area contributed by atoms with Crippen LogP contribution in [0.4, 0.5) is 0 Å². The van der Waals surface area contributed by atoms with Crippen LogP contribution in [0.5, 0.6) is 0 Å². The zero-order valence-corrected chi connectivity index (χ0v) is 15.4. The lowest BCUT2D eigenvalue weighted by Crippen LogP contribution is -2.36. The van der Waals surface area contributed by atoms with Gasteiger partial charge in [-0.3, -0.25) is 4.90 Å². The smallest absolute Gasteiger partial charge is 0.151 e. The molecule has 0 unspecified atom stereocenters. The van der Waals surface area contributed by atoms with Gasteiger partial charge in [-0.2, -0.15) is 0 Å². The molecule has 25 heavy (non-hydrogen) atoms. The van der Waals surface area contributed by atoms with E-state index in [-0.39, 0.29) is 17.5 Å². The van der Waals surface area contributed by atoms with Crippen molar-refractivity contribution in [2.75, 3.05) is 25.2 Å². The molecule has 0 aliphatic carbocycles.